The van der Waals surface area contributed by atoms with Gasteiger partial charge < -0.3 is 9.84 Å². The number of hydrogen-bond acceptors (Lipinski definition) is 4. The van der Waals surface area contributed by atoms with Crippen LogP contribution in [-0.2, 0) is 14.8 Å². The molecule has 0 aromatic heterocycles. The first-order chi connectivity index (χ1) is 10.3. The second-order valence-electron chi connectivity index (χ2n) is 5.60. The van der Waals surface area contributed by atoms with Crippen LogP contribution in [0.4, 0.5) is 0 Å². The molecular weight excluding hydrogens is 306 g/mol. The van der Waals surface area contributed by atoms with E-state index in [0.717, 1.165) is 11.1 Å². The smallest absolute Gasteiger partial charge is 0.306 e. The van der Waals surface area contributed by atoms with Crippen molar-refractivity contribution in [3.63, 3.8) is 0 Å². The standard InChI is InChI=1S/C15H21NO5S/c1-10-8-13(21-3)14(9-11(10)2)22(19,20)16-6-4-12(5-7-16)15(17)18/h8-9,12H,4-7H2,1-3H3,(H,17,18). The van der Waals surface area contributed by atoms with Crippen molar-refractivity contribution in [2.45, 2.75) is 31.6 Å². The van der Waals surface area contributed by atoms with Crippen LogP contribution in [0.15, 0.2) is 17.0 Å². The highest BCUT2D eigenvalue weighted by Gasteiger charge is 2.33. The van der Waals surface area contributed by atoms with E-state index in [1.807, 2.05) is 13.8 Å². The van der Waals surface area contributed by atoms with E-state index in [4.69, 9.17) is 9.84 Å². The summed E-state index contributed by atoms with van der Waals surface area (Å²) in [5.41, 5.74) is 1.83. The first kappa shape index (κ1) is 16.8. The molecule has 7 heteroatoms. The van der Waals surface area contributed by atoms with Crippen molar-refractivity contribution in [1.29, 1.82) is 0 Å². The molecule has 0 amide bonds. The predicted molar refractivity (Wildman–Crippen MR) is 81.6 cm³/mol. The van der Waals surface area contributed by atoms with Gasteiger partial charge in [0, 0.05) is 13.1 Å². The maximum absolute atomic E-state index is 12.8. The van der Waals surface area contributed by atoms with E-state index in [9.17, 15) is 13.2 Å². The molecule has 6 nitrogen and oxygen atoms in total. The summed E-state index contributed by atoms with van der Waals surface area (Å²) in [7, 11) is -2.23. The van der Waals surface area contributed by atoms with Gasteiger partial charge >= 0.3 is 5.97 Å². The van der Waals surface area contributed by atoms with E-state index in [1.54, 1.807) is 12.1 Å². The zero-order valence-corrected chi connectivity index (χ0v) is 13.8. The van der Waals surface area contributed by atoms with Gasteiger partial charge in [-0.1, -0.05) is 0 Å². The Labute approximate surface area is 130 Å². The number of carboxylic acid groups (broad SMARTS) is 1. The Morgan fingerprint density at radius 3 is 2.27 bits per heavy atom. The molecule has 2 rings (SSSR count). The number of methoxy groups -OCH3 is 1. The van der Waals surface area contributed by atoms with Crippen LogP contribution in [0.3, 0.4) is 0 Å². The van der Waals surface area contributed by atoms with Crippen molar-refractivity contribution in [1.82, 2.24) is 4.31 Å². The van der Waals surface area contributed by atoms with Gasteiger partial charge in [0.15, 0.2) is 0 Å². The average molecular weight is 327 g/mol. The lowest BCUT2D eigenvalue weighted by atomic mass is 9.99. The van der Waals surface area contributed by atoms with E-state index in [-0.39, 0.29) is 18.0 Å². The van der Waals surface area contributed by atoms with Crippen LogP contribution in [0.25, 0.3) is 0 Å². The molecule has 122 valence electrons. The third-order valence-corrected chi connectivity index (χ3v) is 6.12. The Bertz CT molecular complexity index is 675. The SMILES string of the molecule is COc1cc(C)c(C)cc1S(=O)(=O)N1CCC(C(=O)O)CC1. The van der Waals surface area contributed by atoms with E-state index in [1.165, 1.54) is 11.4 Å². The molecular formula is C15H21NO5S. The van der Waals surface area contributed by atoms with E-state index < -0.39 is 21.9 Å². The third-order valence-electron chi connectivity index (χ3n) is 4.20. The maximum Gasteiger partial charge on any atom is 0.306 e. The molecule has 0 bridgehead atoms. The molecule has 0 spiro atoms. The van der Waals surface area contributed by atoms with Crippen LogP contribution < -0.4 is 4.74 Å². The summed E-state index contributed by atoms with van der Waals surface area (Å²) < 4.78 is 32.2. The van der Waals surface area contributed by atoms with Crippen LogP contribution in [0.5, 0.6) is 5.75 Å². The largest absolute Gasteiger partial charge is 0.495 e. The zero-order chi connectivity index (χ0) is 16.5. The number of sulfonamides is 1. The van der Waals surface area contributed by atoms with Gasteiger partial charge in [-0.15, -0.1) is 0 Å². The lowest BCUT2D eigenvalue weighted by Gasteiger charge is -2.29. The second kappa shape index (κ2) is 6.26. The van der Waals surface area contributed by atoms with Gasteiger partial charge in [-0.2, -0.15) is 4.31 Å². The fourth-order valence-electron chi connectivity index (χ4n) is 2.61. The number of ether oxygens (including phenoxy) is 1. The first-order valence-electron chi connectivity index (χ1n) is 7.15. The predicted octanol–water partition coefficient (Wildman–Crippen LogP) is 1.80. The summed E-state index contributed by atoms with van der Waals surface area (Å²) in [6, 6.07) is 3.33. The van der Waals surface area contributed by atoms with Crippen LogP contribution in [-0.4, -0.2) is 44.0 Å². The molecule has 1 aliphatic rings. The van der Waals surface area contributed by atoms with Crippen LogP contribution >= 0.6 is 0 Å². The Morgan fingerprint density at radius 2 is 1.77 bits per heavy atom. The lowest BCUT2D eigenvalue weighted by molar-refractivity contribution is -0.142. The molecule has 1 heterocycles. The Hall–Kier alpha value is -1.60. The summed E-state index contributed by atoms with van der Waals surface area (Å²) in [4.78, 5) is 11.1. The van der Waals surface area contributed by atoms with Crippen LogP contribution in [0.2, 0.25) is 0 Å². The monoisotopic (exact) mass is 327 g/mol. The molecule has 1 saturated heterocycles. The minimum Gasteiger partial charge on any atom is -0.495 e. The van der Waals surface area contributed by atoms with Crippen LogP contribution in [0, 0.1) is 19.8 Å². The maximum atomic E-state index is 12.8. The summed E-state index contributed by atoms with van der Waals surface area (Å²) >= 11 is 0. The molecule has 1 N–H and O–H groups in total. The quantitative estimate of drug-likeness (QED) is 0.911. The van der Waals surface area contributed by atoms with Crippen molar-refractivity contribution < 1.29 is 23.1 Å². The van der Waals surface area contributed by atoms with Gasteiger partial charge in [0.2, 0.25) is 10.0 Å². The fourth-order valence-corrected chi connectivity index (χ4v) is 4.30. The van der Waals surface area contributed by atoms with Gasteiger partial charge in [-0.25, -0.2) is 8.42 Å². The van der Waals surface area contributed by atoms with Gasteiger partial charge in [0.1, 0.15) is 10.6 Å². The first-order valence-corrected chi connectivity index (χ1v) is 8.59. The summed E-state index contributed by atoms with van der Waals surface area (Å²) in [5.74, 6) is -1.00. The Morgan fingerprint density at radius 1 is 1.23 bits per heavy atom. The average Bonchev–Trinajstić information content (AvgIpc) is 2.49. The molecule has 1 aromatic carbocycles. The number of carbonyl (C=O) groups is 1. The number of piperidine rings is 1. The number of carboxylic acids is 1. The molecule has 0 radical (unpaired) electrons. The summed E-state index contributed by atoms with van der Waals surface area (Å²) in [6.07, 6.45) is 0.670. The molecule has 1 fully saturated rings. The van der Waals surface area contributed by atoms with Gasteiger partial charge in [0.25, 0.3) is 0 Å². The topological polar surface area (TPSA) is 83.9 Å². The number of aryl methyl sites for hydroxylation is 2. The highest BCUT2D eigenvalue weighted by molar-refractivity contribution is 7.89. The molecule has 22 heavy (non-hydrogen) atoms. The Kier molecular flexibility index (Phi) is 4.77. The second-order valence-corrected chi connectivity index (χ2v) is 7.51. The highest BCUT2D eigenvalue weighted by atomic mass is 32.2. The van der Waals surface area contributed by atoms with E-state index in [0.29, 0.717) is 18.6 Å². The molecule has 0 atom stereocenters. The molecule has 1 aromatic rings. The van der Waals surface area contributed by atoms with Gasteiger partial charge in [0.05, 0.1) is 13.0 Å². The number of aliphatic carboxylic acids is 1. The van der Waals surface area contributed by atoms with Crippen molar-refractivity contribution in [3.05, 3.63) is 23.3 Å². The number of nitrogens with zero attached hydrogens (tertiary/aromatic N) is 1. The van der Waals surface area contributed by atoms with Gasteiger partial charge in [-0.3, -0.25) is 4.79 Å². The molecule has 1 aliphatic heterocycles. The van der Waals surface area contributed by atoms with Crippen molar-refractivity contribution in [3.8, 4) is 5.75 Å². The highest BCUT2D eigenvalue weighted by Crippen LogP contribution is 2.31. The number of hydrogen-bond donors (Lipinski definition) is 1. The molecule has 0 aliphatic carbocycles. The fraction of sp³-hybridized carbons (Fsp3) is 0.533. The van der Waals surface area contributed by atoms with Crippen molar-refractivity contribution in [2.24, 2.45) is 5.92 Å². The Balaban J connectivity index is 2.32. The zero-order valence-electron chi connectivity index (χ0n) is 13.0. The summed E-state index contributed by atoms with van der Waals surface area (Å²) in [5, 5.41) is 9.01. The van der Waals surface area contributed by atoms with Crippen molar-refractivity contribution in [2.75, 3.05) is 20.2 Å². The van der Waals surface area contributed by atoms with Gasteiger partial charge in [-0.05, 0) is 49.9 Å². The van der Waals surface area contributed by atoms with Crippen molar-refractivity contribution >= 4 is 16.0 Å². The van der Waals surface area contributed by atoms with E-state index >= 15 is 0 Å². The normalized spacial score (nSPS) is 17.4. The minimum absolute atomic E-state index is 0.145. The molecule has 0 unspecified atom stereocenters. The lowest BCUT2D eigenvalue weighted by Crippen LogP contribution is -2.40. The minimum atomic E-state index is -3.68. The summed E-state index contributed by atoms with van der Waals surface area (Å²) in [6.45, 7) is 4.18. The number of rotatable bonds is 4. The third kappa shape index (κ3) is 3.10. The van der Waals surface area contributed by atoms with E-state index in [2.05, 4.69) is 0 Å². The molecule has 0 saturated carbocycles. The van der Waals surface area contributed by atoms with Crippen LogP contribution in [0.1, 0.15) is 24.0 Å². The number of benzene rings is 1.